The molecule has 0 saturated heterocycles. The highest BCUT2D eigenvalue weighted by atomic mass is 32.1. The highest BCUT2D eigenvalue weighted by molar-refractivity contribution is 7.07. The fourth-order valence-electron chi connectivity index (χ4n) is 2.33. The first-order valence-corrected chi connectivity index (χ1v) is 7.45. The summed E-state index contributed by atoms with van der Waals surface area (Å²) in [5.41, 5.74) is 2.85. The van der Waals surface area contributed by atoms with Gasteiger partial charge in [-0.3, -0.25) is 4.79 Å². The van der Waals surface area contributed by atoms with Gasteiger partial charge in [-0.2, -0.15) is 0 Å². The molecule has 1 aliphatic carbocycles. The van der Waals surface area contributed by atoms with Crippen LogP contribution in [0.5, 0.6) is 0 Å². The highest BCUT2D eigenvalue weighted by Gasteiger charge is 2.14. The number of nitrogens with zero attached hydrogens (tertiary/aromatic N) is 1. The minimum absolute atomic E-state index is 0.185. The Morgan fingerprint density at radius 1 is 1.35 bits per heavy atom. The monoisotopic (exact) mass is 252 g/mol. The Morgan fingerprint density at radius 2 is 2.12 bits per heavy atom. The first-order chi connectivity index (χ1) is 8.34. The summed E-state index contributed by atoms with van der Waals surface area (Å²) in [6.07, 6.45) is 8.82. The molecular weight excluding hydrogens is 232 g/mol. The summed E-state index contributed by atoms with van der Waals surface area (Å²) in [4.78, 5) is 16.0. The van der Waals surface area contributed by atoms with Crippen LogP contribution in [0.25, 0.3) is 0 Å². The fourth-order valence-corrected chi connectivity index (χ4v) is 2.92. The van der Waals surface area contributed by atoms with E-state index < -0.39 is 0 Å². The van der Waals surface area contributed by atoms with Gasteiger partial charge < -0.3 is 5.32 Å². The zero-order chi connectivity index (χ0) is 11.9. The molecule has 1 amide bonds. The summed E-state index contributed by atoms with van der Waals surface area (Å²) in [5.74, 6) is 0.185. The van der Waals surface area contributed by atoms with Crippen molar-refractivity contribution in [3.05, 3.63) is 16.6 Å². The van der Waals surface area contributed by atoms with Crippen LogP contribution < -0.4 is 5.32 Å². The van der Waals surface area contributed by atoms with Crippen LogP contribution in [-0.2, 0) is 11.2 Å². The van der Waals surface area contributed by atoms with Crippen molar-refractivity contribution < 1.29 is 4.79 Å². The SMILES string of the molecule is O=C(CCc1cscn1)NC1CCCCCC1. The fraction of sp³-hybridized carbons (Fsp3) is 0.692. The van der Waals surface area contributed by atoms with Gasteiger partial charge in [-0.05, 0) is 19.3 Å². The second kappa shape index (κ2) is 6.74. The van der Waals surface area contributed by atoms with Crippen LogP contribution in [0.1, 0.15) is 50.6 Å². The number of aryl methyl sites for hydroxylation is 1. The molecule has 0 aromatic carbocycles. The van der Waals surface area contributed by atoms with E-state index in [2.05, 4.69) is 10.3 Å². The number of aromatic nitrogens is 1. The molecule has 4 heteroatoms. The molecule has 2 rings (SSSR count). The standard InChI is InChI=1S/C13H20N2OS/c16-13(8-7-12-9-17-10-14-12)15-11-5-3-1-2-4-6-11/h9-11H,1-8H2,(H,15,16). The maximum atomic E-state index is 11.8. The average Bonchev–Trinajstić information content (AvgIpc) is 2.72. The van der Waals surface area contributed by atoms with E-state index in [1.165, 1.54) is 25.7 Å². The molecule has 1 aromatic rings. The third kappa shape index (κ3) is 4.46. The normalized spacial score (nSPS) is 17.6. The number of hydrogen-bond donors (Lipinski definition) is 1. The van der Waals surface area contributed by atoms with Crippen molar-refractivity contribution in [1.29, 1.82) is 0 Å². The van der Waals surface area contributed by atoms with Crippen molar-refractivity contribution in [3.63, 3.8) is 0 Å². The summed E-state index contributed by atoms with van der Waals surface area (Å²) in [5, 5.41) is 5.17. The van der Waals surface area contributed by atoms with Crippen molar-refractivity contribution in [1.82, 2.24) is 10.3 Å². The third-order valence-corrected chi connectivity index (χ3v) is 3.95. The van der Waals surface area contributed by atoms with Crippen LogP contribution in [0.3, 0.4) is 0 Å². The van der Waals surface area contributed by atoms with Crippen LogP contribution in [-0.4, -0.2) is 16.9 Å². The first kappa shape index (κ1) is 12.6. The summed E-state index contributed by atoms with van der Waals surface area (Å²) in [6.45, 7) is 0. The molecule has 0 bridgehead atoms. The lowest BCUT2D eigenvalue weighted by atomic mass is 10.1. The van der Waals surface area contributed by atoms with Crippen molar-refractivity contribution in [2.24, 2.45) is 0 Å². The Balaban J connectivity index is 1.69. The van der Waals surface area contributed by atoms with Gasteiger partial charge in [-0.25, -0.2) is 4.98 Å². The Kier molecular flexibility index (Phi) is 4.98. The van der Waals surface area contributed by atoms with E-state index in [1.54, 1.807) is 11.3 Å². The predicted octanol–water partition coefficient (Wildman–Crippen LogP) is 2.91. The minimum Gasteiger partial charge on any atom is -0.353 e. The van der Waals surface area contributed by atoms with Crippen LogP contribution in [0.15, 0.2) is 10.9 Å². The number of thiazole rings is 1. The Morgan fingerprint density at radius 3 is 2.76 bits per heavy atom. The molecule has 1 aliphatic rings. The zero-order valence-electron chi connectivity index (χ0n) is 10.2. The zero-order valence-corrected chi connectivity index (χ0v) is 11.0. The summed E-state index contributed by atoms with van der Waals surface area (Å²) < 4.78 is 0. The summed E-state index contributed by atoms with van der Waals surface area (Å²) >= 11 is 1.59. The Labute approximate surface area is 107 Å². The molecule has 0 unspecified atom stereocenters. The molecule has 0 atom stereocenters. The molecule has 1 aromatic heterocycles. The van der Waals surface area contributed by atoms with E-state index in [0.717, 1.165) is 25.0 Å². The van der Waals surface area contributed by atoms with Crippen LogP contribution in [0.4, 0.5) is 0 Å². The predicted molar refractivity (Wildman–Crippen MR) is 70.1 cm³/mol. The molecular formula is C13H20N2OS. The lowest BCUT2D eigenvalue weighted by Crippen LogP contribution is -2.34. The maximum Gasteiger partial charge on any atom is 0.220 e. The van der Waals surface area contributed by atoms with E-state index in [0.29, 0.717) is 12.5 Å². The quantitative estimate of drug-likeness (QED) is 0.837. The van der Waals surface area contributed by atoms with E-state index in [1.807, 2.05) is 10.9 Å². The summed E-state index contributed by atoms with van der Waals surface area (Å²) in [6, 6.07) is 0.417. The van der Waals surface area contributed by atoms with Gasteiger partial charge in [0.15, 0.2) is 0 Å². The van der Waals surface area contributed by atoms with Crippen LogP contribution in [0, 0.1) is 0 Å². The smallest absolute Gasteiger partial charge is 0.220 e. The number of nitrogens with one attached hydrogen (secondary N) is 1. The van der Waals surface area contributed by atoms with Gasteiger partial charge in [0.25, 0.3) is 0 Å². The molecule has 1 N–H and O–H groups in total. The van der Waals surface area contributed by atoms with Crippen molar-refractivity contribution in [3.8, 4) is 0 Å². The van der Waals surface area contributed by atoms with E-state index in [9.17, 15) is 4.79 Å². The molecule has 94 valence electrons. The van der Waals surface area contributed by atoms with Gasteiger partial charge in [0.2, 0.25) is 5.91 Å². The van der Waals surface area contributed by atoms with Gasteiger partial charge in [-0.1, -0.05) is 25.7 Å². The topological polar surface area (TPSA) is 42.0 Å². The van der Waals surface area contributed by atoms with E-state index >= 15 is 0 Å². The van der Waals surface area contributed by atoms with Gasteiger partial charge in [-0.15, -0.1) is 11.3 Å². The molecule has 3 nitrogen and oxygen atoms in total. The first-order valence-electron chi connectivity index (χ1n) is 6.51. The largest absolute Gasteiger partial charge is 0.353 e. The highest BCUT2D eigenvalue weighted by Crippen LogP contribution is 2.17. The Bertz CT molecular complexity index is 329. The van der Waals surface area contributed by atoms with Crippen molar-refractivity contribution in [2.75, 3.05) is 0 Å². The molecule has 1 saturated carbocycles. The number of carbonyl (C=O) groups is 1. The lowest BCUT2D eigenvalue weighted by Gasteiger charge is -2.15. The van der Waals surface area contributed by atoms with Gasteiger partial charge in [0.05, 0.1) is 11.2 Å². The number of carbonyl (C=O) groups excluding carboxylic acids is 1. The molecule has 0 aliphatic heterocycles. The number of hydrogen-bond acceptors (Lipinski definition) is 3. The minimum atomic E-state index is 0.185. The molecule has 0 spiro atoms. The molecule has 1 fully saturated rings. The number of rotatable bonds is 4. The number of amides is 1. The lowest BCUT2D eigenvalue weighted by molar-refractivity contribution is -0.121. The third-order valence-electron chi connectivity index (χ3n) is 3.31. The van der Waals surface area contributed by atoms with Gasteiger partial charge in [0, 0.05) is 17.8 Å². The van der Waals surface area contributed by atoms with Gasteiger partial charge in [0.1, 0.15) is 0 Å². The van der Waals surface area contributed by atoms with Crippen LogP contribution >= 0.6 is 11.3 Å². The van der Waals surface area contributed by atoms with Crippen molar-refractivity contribution in [2.45, 2.75) is 57.4 Å². The molecule has 0 radical (unpaired) electrons. The van der Waals surface area contributed by atoms with Crippen molar-refractivity contribution >= 4 is 17.2 Å². The van der Waals surface area contributed by atoms with E-state index in [4.69, 9.17) is 0 Å². The Hall–Kier alpha value is -0.900. The summed E-state index contributed by atoms with van der Waals surface area (Å²) in [7, 11) is 0. The second-order valence-corrected chi connectivity index (χ2v) is 5.45. The average molecular weight is 252 g/mol. The molecule has 17 heavy (non-hydrogen) atoms. The molecule has 1 heterocycles. The van der Waals surface area contributed by atoms with Gasteiger partial charge >= 0.3 is 0 Å². The second-order valence-electron chi connectivity index (χ2n) is 4.74. The van der Waals surface area contributed by atoms with E-state index in [-0.39, 0.29) is 5.91 Å². The maximum absolute atomic E-state index is 11.8. The van der Waals surface area contributed by atoms with Crippen LogP contribution in [0.2, 0.25) is 0 Å².